The van der Waals surface area contributed by atoms with Crippen LogP contribution in [0.25, 0.3) is 0 Å². The molecule has 4 nitrogen and oxygen atoms in total. The summed E-state index contributed by atoms with van der Waals surface area (Å²) in [4.78, 5) is 12.0. The Kier molecular flexibility index (Phi) is 3.97. The zero-order valence-electron chi connectivity index (χ0n) is 10.6. The van der Waals surface area contributed by atoms with Crippen molar-refractivity contribution in [2.75, 3.05) is 5.32 Å². The second kappa shape index (κ2) is 5.67. The molecule has 0 fully saturated rings. The van der Waals surface area contributed by atoms with Crippen molar-refractivity contribution < 1.29 is 13.6 Å². The number of hydrogen-bond acceptors (Lipinski definition) is 3. The Morgan fingerprint density at radius 3 is 2.84 bits per heavy atom. The molecule has 3 N–H and O–H groups in total. The predicted octanol–water partition coefficient (Wildman–Crippen LogP) is 2.69. The standard InChI is InChI=1S/C14H15FN2O2/c1-2-13-10(5-6-19-13)14(18)17-12-4-3-9(8-16)7-11(12)15/h3-7H,2,8,16H2,1H3,(H,17,18). The summed E-state index contributed by atoms with van der Waals surface area (Å²) >= 11 is 0. The Hall–Kier alpha value is -2.14. The van der Waals surface area contributed by atoms with Gasteiger partial charge in [-0.3, -0.25) is 4.79 Å². The van der Waals surface area contributed by atoms with Gasteiger partial charge in [0.05, 0.1) is 17.5 Å². The van der Waals surface area contributed by atoms with E-state index < -0.39 is 5.82 Å². The highest BCUT2D eigenvalue weighted by atomic mass is 19.1. The number of amides is 1. The highest BCUT2D eigenvalue weighted by molar-refractivity contribution is 6.05. The molecule has 100 valence electrons. The zero-order valence-corrected chi connectivity index (χ0v) is 10.6. The molecule has 0 unspecified atom stereocenters. The lowest BCUT2D eigenvalue weighted by Gasteiger charge is -2.07. The van der Waals surface area contributed by atoms with Crippen molar-refractivity contribution in [2.45, 2.75) is 19.9 Å². The van der Waals surface area contributed by atoms with E-state index in [0.29, 0.717) is 23.3 Å². The number of anilines is 1. The van der Waals surface area contributed by atoms with Crippen LogP contribution in [0.15, 0.2) is 34.9 Å². The quantitative estimate of drug-likeness (QED) is 0.890. The maximum absolute atomic E-state index is 13.7. The van der Waals surface area contributed by atoms with E-state index in [1.807, 2.05) is 6.92 Å². The normalized spacial score (nSPS) is 10.5. The molecular formula is C14H15FN2O2. The Bertz CT molecular complexity index is 593. The maximum Gasteiger partial charge on any atom is 0.259 e. The topological polar surface area (TPSA) is 68.3 Å². The minimum Gasteiger partial charge on any atom is -0.469 e. The Morgan fingerprint density at radius 1 is 1.42 bits per heavy atom. The van der Waals surface area contributed by atoms with Gasteiger partial charge in [-0.1, -0.05) is 13.0 Å². The van der Waals surface area contributed by atoms with Crippen molar-refractivity contribution in [1.82, 2.24) is 0 Å². The summed E-state index contributed by atoms with van der Waals surface area (Å²) in [6, 6.07) is 6.06. The number of halogens is 1. The van der Waals surface area contributed by atoms with E-state index in [2.05, 4.69) is 5.32 Å². The second-order valence-corrected chi connectivity index (χ2v) is 4.08. The molecule has 1 amide bonds. The van der Waals surface area contributed by atoms with Gasteiger partial charge in [-0.2, -0.15) is 0 Å². The van der Waals surface area contributed by atoms with Crippen LogP contribution in [0.1, 0.15) is 28.6 Å². The van der Waals surface area contributed by atoms with Crippen LogP contribution in [0.3, 0.4) is 0 Å². The molecule has 0 spiro atoms. The Balaban J connectivity index is 2.19. The molecule has 1 heterocycles. The summed E-state index contributed by atoms with van der Waals surface area (Å²) in [5.41, 5.74) is 6.64. The number of furan rings is 1. The van der Waals surface area contributed by atoms with E-state index in [1.165, 1.54) is 18.4 Å². The molecule has 0 saturated carbocycles. The minimum absolute atomic E-state index is 0.130. The number of aryl methyl sites for hydroxylation is 1. The predicted molar refractivity (Wildman–Crippen MR) is 70.3 cm³/mol. The van der Waals surface area contributed by atoms with Crippen LogP contribution >= 0.6 is 0 Å². The molecule has 0 aliphatic rings. The van der Waals surface area contributed by atoms with Crippen molar-refractivity contribution in [3.8, 4) is 0 Å². The highest BCUT2D eigenvalue weighted by Gasteiger charge is 2.15. The number of carbonyl (C=O) groups is 1. The van der Waals surface area contributed by atoms with Crippen LogP contribution in [-0.2, 0) is 13.0 Å². The largest absolute Gasteiger partial charge is 0.469 e. The number of rotatable bonds is 4. The first-order chi connectivity index (χ1) is 9.15. The van der Waals surface area contributed by atoms with Crippen molar-refractivity contribution >= 4 is 11.6 Å². The van der Waals surface area contributed by atoms with Gasteiger partial charge < -0.3 is 15.5 Å². The fourth-order valence-electron chi connectivity index (χ4n) is 1.79. The minimum atomic E-state index is -0.502. The summed E-state index contributed by atoms with van der Waals surface area (Å²) in [6.07, 6.45) is 2.05. The monoisotopic (exact) mass is 262 g/mol. The maximum atomic E-state index is 13.7. The third-order valence-corrected chi connectivity index (χ3v) is 2.83. The first kappa shape index (κ1) is 13.3. The third-order valence-electron chi connectivity index (χ3n) is 2.83. The summed E-state index contributed by atoms with van der Waals surface area (Å²) in [7, 11) is 0. The second-order valence-electron chi connectivity index (χ2n) is 4.08. The zero-order chi connectivity index (χ0) is 13.8. The first-order valence-corrected chi connectivity index (χ1v) is 6.02. The molecule has 0 aliphatic carbocycles. The molecule has 1 aromatic carbocycles. The van der Waals surface area contributed by atoms with Gasteiger partial charge in [-0.15, -0.1) is 0 Å². The summed E-state index contributed by atoms with van der Waals surface area (Å²) in [5, 5.41) is 2.52. The number of nitrogens with two attached hydrogens (primary N) is 1. The molecule has 2 aromatic rings. The van der Waals surface area contributed by atoms with Crippen LogP contribution in [0, 0.1) is 5.82 Å². The van der Waals surface area contributed by atoms with Gasteiger partial charge in [-0.05, 0) is 23.8 Å². The van der Waals surface area contributed by atoms with Crippen molar-refractivity contribution in [3.63, 3.8) is 0 Å². The molecule has 0 bridgehead atoms. The van der Waals surface area contributed by atoms with Gasteiger partial charge in [0.15, 0.2) is 0 Å². The summed E-state index contributed by atoms with van der Waals surface area (Å²) < 4.78 is 18.9. The average Bonchev–Trinajstić information content (AvgIpc) is 2.89. The Morgan fingerprint density at radius 2 is 2.21 bits per heavy atom. The lowest BCUT2D eigenvalue weighted by molar-refractivity contribution is 0.102. The fraction of sp³-hybridized carbons (Fsp3) is 0.214. The molecule has 5 heteroatoms. The average molecular weight is 262 g/mol. The fourth-order valence-corrected chi connectivity index (χ4v) is 1.79. The summed E-state index contributed by atoms with van der Waals surface area (Å²) in [5.74, 6) is -0.306. The van der Waals surface area contributed by atoms with Crippen LogP contribution in [0.2, 0.25) is 0 Å². The number of hydrogen-bond donors (Lipinski definition) is 2. The number of carbonyl (C=O) groups excluding carboxylic acids is 1. The van der Waals surface area contributed by atoms with Crippen molar-refractivity contribution in [2.24, 2.45) is 5.73 Å². The van der Waals surface area contributed by atoms with Gasteiger partial charge in [0.2, 0.25) is 0 Å². The molecule has 19 heavy (non-hydrogen) atoms. The SMILES string of the molecule is CCc1occc1C(=O)Nc1ccc(CN)cc1F. The Labute approximate surface area is 110 Å². The van der Waals surface area contributed by atoms with Crippen LogP contribution in [-0.4, -0.2) is 5.91 Å². The lowest BCUT2D eigenvalue weighted by atomic mass is 10.1. The number of benzene rings is 1. The van der Waals surface area contributed by atoms with Crippen LogP contribution in [0.5, 0.6) is 0 Å². The van der Waals surface area contributed by atoms with E-state index in [1.54, 1.807) is 12.1 Å². The van der Waals surface area contributed by atoms with Gasteiger partial charge in [0.25, 0.3) is 5.91 Å². The number of nitrogens with one attached hydrogen (secondary N) is 1. The first-order valence-electron chi connectivity index (χ1n) is 6.02. The van der Waals surface area contributed by atoms with E-state index in [9.17, 15) is 9.18 Å². The molecule has 1 aromatic heterocycles. The molecule has 0 radical (unpaired) electrons. The lowest BCUT2D eigenvalue weighted by Crippen LogP contribution is -2.14. The highest BCUT2D eigenvalue weighted by Crippen LogP contribution is 2.18. The smallest absolute Gasteiger partial charge is 0.259 e. The van der Waals surface area contributed by atoms with Gasteiger partial charge >= 0.3 is 0 Å². The molecule has 0 aliphatic heterocycles. The van der Waals surface area contributed by atoms with E-state index in [-0.39, 0.29) is 18.1 Å². The van der Waals surface area contributed by atoms with Gasteiger partial charge in [0, 0.05) is 13.0 Å². The van der Waals surface area contributed by atoms with Crippen LogP contribution < -0.4 is 11.1 Å². The summed E-state index contributed by atoms with van der Waals surface area (Å²) in [6.45, 7) is 2.14. The van der Waals surface area contributed by atoms with Crippen molar-refractivity contribution in [3.05, 3.63) is 53.2 Å². The molecule has 0 atom stereocenters. The van der Waals surface area contributed by atoms with Gasteiger partial charge in [-0.25, -0.2) is 4.39 Å². The van der Waals surface area contributed by atoms with E-state index >= 15 is 0 Å². The van der Waals surface area contributed by atoms with Crippen LogP contribution in [0.4, 0.5) is 10.1 Å². The van der Waals surface area contributed by atoms with Gasteiger partial charge in [0.1, 0.15) is 11.6 Å². The molecule has 0 saturated heterocycles. The third kappa shape index (κ3) is 2.82. The molecule has 2 rings (SSSR count). The van der Waals surface area contributed by atoms with E-state index in [0.717, 1.165) is 0 Å². The molecular weight excluding hydrogens is 247 g/mol. The van der Waals surface area contributed by atoms with Crippen molar-refractivity contribution in [1.29, 1.82) is 0 Å². The van der Waals surface area contributed by atoms with E-state index in [4.69, 9.17) is 10.2 Å².